The van der Waals surface area contributed by atoms with Gasteiger partial charge in [0.25, 0.3) is 0 Å². The summed E-state index contributed by atoms with van der Waals surface area (Å²) in [4.78, 5) is 11.7. The van der Waals surface area contributed by atoms with Crippen molar-refractivity contribution in [1.82, 2.24) is 0 Å². The molecule has 102 valence electrons. The van der Waals surface area contributed by atoms with E-state index in [1.807, 2.05) is 0 Å². The Morgan fingerprint density at radius 3 is 2.53 bits per heavy atom. The average molecular weight is 264 g/mol. The van der Waals surface area contributed by atoms with Crippen LogP contribution < -0.4 is 0 Å². The average Bonchev–Trinajstić information content (AvgIpc) is 2.36. The van der Waals surface area contributed by atoms with Crippen molar-refractivity contribution in [3.05, 3.63) is 35.6 Å². The molecule has 1 aliphatic carbocycles. The molecule has 2 aliphatic rings. The van der Waals surface area contributed by atoms with Gasteiger partial charge in [-0.25, -0.2) is 4.39 Å². The molecule has 2 fully saturated rings. The van der Waals surface area contributed by atoms with Crippen molar-refractivity contribution in [3.63, 3.8) is 0 Å². The summed E-state index contributed by atoms with van der Waals surface area (Å²) < 4.78 is 18.7. The van der Waals surface area contributed by atoms with E-state index >= 15 is 0 Å². The van der Waals surface area contributed by atoms with Crippen molar-refractivity contribution in [1.29, 1.82) is 0 Å². The van der Waals surface area contributed by atoms with Crippen molar-refractivity contribution in [2.24, 2.45) is 5.41 Å². The van der Waals surface area contributed by atoms with Crippen LogP contribution in [0.3, 0.4) is 0 Å². The second kappa shape index (κ2) is 4.30. The second-order valence-electron chi connectivity index (χ2n) is 5.86. The summed E-state index contributed by atoms with van der Waals surface area (Å²) in [5.41, 5.74) is -0.223. The van der Waals surface area contributed by atoms with Gasteiger partial charge in [-0.05, 0) is 48.8 Å². The fourth-order valence-electron chi connectivity index (χ4n) is 3.65. The lowest BCUT2D eigenvalue weighted by molar-refractivity contribution is -0.160. The maximum atomic E-state index is 13.3. The number of aliphatic carboxylic acids is 1. The fourth-order valence-corrected chi connectivity index (χ4v) is 3.65. The monoisotopic (exact) mass is 264 g/mol. The lowest BCUT2D eigenvalue weighted by Crippen LogP contribution is -2.56. The first-order valence-electron chi connectivity index (χ1n) is 6.64. The van der Waals surface area contributed by atoms with E-state index in [1.165, 1.54) is 12.1 Å². The van der Waals surface area contributed by atoms with Crippen molar-refractivity contribution in [2.45, 2.75) is 31.1 Å². The molecule has 1 aromatic rings. The zero-order valence-electron chi connectivity index (χ0n) is 10.7. The minimum absolute atomic E-state index is 0.0863. The number of rotatable bonds is 2. The SMILES string of the molecule is O=C(O)C1(c2cccc(F)c2)CC2(CCOCC2)C1. The molecule has 0 aromatic heterocycles. The van der Waals surface area contributed by atoms with E-state index < -0.39 is 11.4 Å². The highest BCUT2D eigenvalue weighted by molar-refractivity contribution is 5.83. The van der Waals surface area contributed by atoms with Crippen molar-refractivity contribution >= 4 is 5.97 Å². The van der Waals surface area contributed by atoms with Crippen LogP contribution >= 0.6 is 0 Å². The van der Waals surface area contributed by atoms with Gasteiger partial charge in [-0.1, -0.05) is 12.1 Å². The molecule has 1 saturated heterocycles. The Balaban J connectivity index is 1.89. The van der Waals surface area contributed by atoms with E-state index in [-0.39, 0.29) is 11.2 Å². The molecule has 1 N–H and O–H groups in total. The Labute approximate surface area is 111 Å². The normalized spacial score (nSPS) is 23.8. The first-order chi connectivity index (χ1) is 9.06. The lowest BCUT2D eigenvalue weighted by Gasteiger charge is -2.56. The third-order valence-electron chi connectivity index (χ3n) is 4.69. The zero-order valence-corrected chi connectivity index (χ0v) is 10.7. The number of hydrogen-bond donors (Lipinski definition) is 1. The number of hydrogen-bond acceptors (Lipinski definition) is 2. The highest BCUT2D eigenvalue weighted by atomic mass is 19.1. The van der Waals surface area contributed by atoms with Gasteiger partial charge in [-0.15, -0.1) is 0 Å². The molecule has 0 bridgehead atoms. The number of carbonyl (C=O) groups is 1. The Kier molecular flexibility index (Phi) is 2.86. The quantitative estimate of drug-likeness (QED) is 0.893. The number of halogens is 1. The summed E-state index contributed by atoms with van der Waals surface area (Å²) in [6.45, 7) is 1.41. The number of ether oxygens (including phenoxy) is 1. The van der Waals surface area contributed by atoms with Gasteiger partial charge >= 0.3 is 5.97 Å². The predicted octanol–water partition coefficient (Wildman–Crippen LogP) is 2.74. The summed E-state index contributed by atoms with van der Waals surface area (Å²) in [5, 5.41) is 9.59. The van der Waals surface area contributed by atoms with Crippen LogP contribution in [0.25, 0.3) is 0 Å². The van der Waals surface area contributed by atoms with E-state index in [0.717, 1.165) is 12.8 Å². The minimum atomic E-state index is -0.903. The maximum Gasteiger partial charge on any atom is 0.314 e. The molecule has 1 aromatic carbocycles. The van der Waals surface area contributed by atoms with Crippen LogP contribution in [-0.2, 0) is 14.9 Å². The topological polar surface area (TPSA) is 46.5 Å². The van der Waals surface area contributed by atoms with Crippen molar-refractivity contribution in [3.8, 4) is 0 Å². The molecule has 1 aliphatic heterocycles. The van der Waals surface area contributed by atoms with Gasteiger partial charge in [0.2, 0.25) is 0 Å². The Morgan fingerprint density at radius 2 is 1.95 bits per heavy atom. The van der Waals surface area contributed by atoms with Crippen LogP contribution in [0.2, 0.25) is 0 Å². The summed E-state index contributed by atoms with van der Waals surface area (Å²) in [6.07, 6.45) is 3.03. The standard InChI is InChI=1S/C15H17FO3/c16-12-3-1-2-11(8-12)15(13(17)18)9-14(10-15)4-6-19-7-5-14/h1-3,8H,4-7,9-10H2,(H,17,18). The third kappa shape index (κ3) is 1.94. The van der Waals surface area contributed by atoms with Gasteiger partial charge in [0, 0.05) is 13.2 Å². The third-order valence-corrected chi connectivity index (χ3v) is 4.69. The summed E-state index contributed by atoms with van der Waals surface area (Å²) >= 11 is 0. The molecular weight excluding hydrogens is 247 g/mol. The Morgan fingerprint density at radius 1 is 1.26 bits per heavy atom. The molecule has 19 heavy (non-hydrogen) atoms. The van der Waals surface area contributed by atoms with Crippen molar-refractivity contribution < 1.29 is 19.0 Å². The fraction of sp³-hybridized carbons (Fsp3) is 0.533. The first-order valence-corrected chi connectivity index (χ1v) is 6.64. The smallest absolute Gasteiger partial charge is 0.314 e. The van der Waals surface area contributed by atoms with Crippen LogP contribution in [-0.4, -0.2) is 24.3 Å². The molecule has 0 unspecified atom stereocenters. The van der Waals surface area contributed by atoms with Crippen LogP contribution in [0, 0.1) is 11.2 Å². The number of carboxylic acid groups (broad SMARTS) is 1. The van der Waals surface area contributed by atoms with Gasteiger partial charge in [-0.2, -0.15) is 0 Å². The molecular formula is C15H17FO3. The largest absolute Gasteiger partial charge is 0.481 e. The van der Waals surface area contributed by atoms with Gasteiger partial charge in [0.15, 0.2) is 0 Å². The van der Waals surface area contributed by atoms with E-state index in [2.05, 4.69) is 0 Å². The molecule has 0 radical (unpaired) electrons. The van der Waals surface area contributed by atoms with Crippen LogP contribution in [0.4, 0.5) is 4.39 Å². The lowest BCUT2D eigenvalue weighted by atomic mass is 9.48. The summed E-state index contributed by atoms with van der Waals surface area (Å²) in [6, 6.07) is 6.02. The molecule has 1 heterocycles. The molecule has 3 rings (SSSR count). The Bertz CT molecular complexity index is 498. The van der Waals surface area contributed by atoms with Gasteiger partial charge in [0.05, 0.1) is 5.41 Å². The zero-order chi connectivity index (χ0) is 13.5. The molecule has 4 heteroatoms. The van der Waals surface area contributed by atoms with Crippen LogP contribution in [0.1, 0.15) is 31.2 Å². The van der Waals surface area contributed by atoms with E-state index in [0.29, 0.717) is 31.6 Å². The summed E-state index contributed by atoms with van der Waals surface area (Å²) in [7, 11) is 0. The summed E-state index contributed by atoms with van der Waals surface area (Å²) in [5.74, 6) is -1.21. The predicted molar refractivity (Wildman–Crippen MR) is 67.4 cm³/mol. The molecule has 0 atom stereocenters. The van der Waals surface area contributed by atoms with Gasteiger partial charge in [0.1, 0.15) is 5.82 Å². The highest BCUT2D eigenvalue weighted by Gasteiger charge is 2.59. The van der Waals surface area contributed by atoms with Crippen LogP contribution in [0.15, 0.2) is 24.3 Å². The maximum absolute atomic E-state index is 13.3. The molecule has 0 amide bonds. The number of benzene rings is 1. The first kappa shape index (κ1) is 12.6. The molecule has 3 nitrogen and oxygen atoms in total. The van der Waals surface area contributed by atoms with E-state index in [9.17, 15) is 14.3 Å². The highest BCUT2D eigenvalue weighted by Crippen LogP contribution is 2.60. The van der Waals surface area contributed by atoms with Crippen LogP contribution in [0.5, 0.6) is 0 Å². The minimum Gasteiger partial charge on any atom is -0.481 e. The van der Waals surface area contributed by atoms with Gasteiger partial charge < -0.3 is 9.84 Å². The second-order valence-corrected chi connectivity index (χ2v) is 5.86. The number of carboxylic acids is 1. The van der Waals surface area contributed by atoms with E-state index in [1.54, 1.807) is 12.1 Å². The van der Waals surface area contributed by atoms with Crippen molar-refractivity contribution in [2.75, 3.05) is 13.2 Å². The van der Waals surface area contributed by atoms with Gasteiger partial charge in [-0.3, -0.25) is 4.79 Å². The molecule has 1 saturated carbocycles. The molecule has 1 spiro atoms. The van der Waals surface area contributed by atoms with E-state index in [4.69, 9.17) is 4.74 Å². The Hall–Kier alpha value is -1.42.